The topological polar surface area (TPSA) is 71.1 Å². The molecule has 0 unspecified atom stereocenters. The highest BCUT2D eigenvalue weighted by atomic mass is 19.1. The van der Waals surface area contributed by atoms with E-state index in [1.807, 2.05) is 12.1 Å². The number of benzene rings is 2. The summed E-state index contributed by atoms with van der Waals surface area (Å²) in [5.74, 6) is -2.98. The summed E-state index contributed by atoms with van der Waals surface area (Å²) in [6, 6.07) is 11.7. The number of hydrogen-bond donors (Lipinski definition) is 2. The largest absolute Gasteiger partial charge is 0.323 e. The van der Waals surface area contributed by atoms with E-state index in [9.17, 15) is 18.4 Å². The fraction of sp³-hybridized carbons (Fsp3) is 0.150. The van der Waals surface area contributed by atoms with Gasteiger partial charge in [-0.1, -0.05) is 18.2 Å². The number of amides is 2. The highest BCUT2D eigenvalue weighted by Crippen LogP contribution is 2.26. The van der Waals surface area contributed by atoms with E-state index in [1.54, 1.807) is 24.4 Å². The van der Waals surface area contributed by atoms with Gasteiger partial charge in [0.05, 0.1) is 16.9 Å². The quantitative estimate of drug-likeness (QED) is 0.680. The molecule has 2 aromatic carbocycles. The number of nitrogens with zero attached hydrogens (tertiary/aromatic N) is 1. The van der Waals surface area contributed by atoms with E-state index in [-0.39, 0.29) is 5.69 Å². The van der Waals surface area contributed by atoms with Crippen LogP contribution in [0, 0.1) is 17.0 Å². The summed E-state index contributed by atoms with van der Waals surface area (Å²) < 4.78 is 26.8. The number of para-hydroxylation sites is 1. The first-order valence-corrected chi connectivity index (χ1v) is 8.21. The molecule has 0 saturated heterocycles. The van der Waals surface area contributed by atoms with Crippen LogP contribution in [0.15, 0.2) is 54.7 Å². The van der Waals surface area contributed by atoms with Gasteiger partial charge in [0.25, 0.3) is 0 Å². The number of carbonyl (C=O) groups is 2. The van der Waals surface area contributed by atoms with Crippen molar-refractivity contribution in [2.75, 3.05) is 10.6 Å². The number of aromatic nitrogens is 1. The van der Waals surface area contributed by atoms with Crippen LogP contribution in [0.2, 0.25) is 0 Å². The van der Waals surface area contributed by atoms with Gasteiger partial charge in [-0.3, -0.25) is 14.6 Å². The van der Waals surface area contributed by atoms with Crippen molar-refractivity contribution in [3.8, 4) is 0 Å². The van der Waals surface area contributed by atoms with Crippen molar-refractivity contribution in [2.24, 2.45) is 5.41 Å². The van der Waals surface area contributed by atoms with Gasteiger partial charge in [0.2, 0.25) is 11.8 Å². The SMILES string of the molecule is CC(C)(C(=O)Nc1ccc(F)cc1F)C(=O)Nc1cccc2cccnc12. The Morgan fingerprint density at radius 1 is 0.926 bits per heavy atom. The van der Waals surface area contributed by atoms with E-state index in [2.05, 4.69) is 15.6 Å². The number of rotatable bonds is 4. The minimum absolute atomic E-state index is 0.200. The van der Waals surface area contributed by atoms with Crippen LogP contribution in [0.25, 0.3) is 10.9 Å². The van der Waals surface area contributed by atoms with Crippen LogP contribution >= 0.6 is 0 Å². The Balaban J connectivity index is 1.81. The molecule has 0 aliphatic heterocycles. The zero-order valence-electron chi connectivity index (χ0n) is 14.7. The molecule has 0 radical (unpaired) electrons. The Kier molecular flexibility index (Phi) is 4.85. The molecule has 0 fully saturated rings. The molecular weight excluding hydrogens is 352 g/mol. The second-order valence-electron chi connectivity index (χ2n) is 6.54. The van der Waals surface area contributed by atoms with Gasteiger partial charge in [-0.05, 0) is 38.1 Å². The predicted octanol–water partition coefficient (Wildman–Crippen LogP) is 4.12. The molecule has 7 heteroatoms. The summed E-state index contributed by atoms with van der Waals surface area (Å²) in [5, 5.41) is 5.86. The molecule has 3 rings (SSSR count). The lowest BCUT2D eigenvalue weighted by molar-refractivity contribution is -0.135. The van der Waals surface area contributed by atoms with Crippen LogP contribution < -0.4 is 10.6 Å². The minimum atomic E-state index is -1.52. The van der Waals surface area contributed by atoms with Crippen LogP contribution in [-0.2, 0) is 9.59 Å². The maximum atomic E-state index is 13.8. The number of pyridine rings is 1. The van der Waals surface area contributed by atoms with Crippen molar-refractivity contribution in [1.82, 2.24) is 4.98 Å². The fourth-order valence-corrected chi connectivity index (χ4v) is 2.46. The number of halogens is 2. The van der Waals surface area contributed by atoms with E-state index in [0.717, 1.165) is 17.5 Å². The summed E-state index contributed by atoms with van der Waals surface area (Å²) in [5.41, 5.74) is -0.659. The zero-order valence-corrected chi connectivity index (χ0v) is 14.7. The molecule has 0 spiro atoms. The van der Waals surface area contributed by atoms with Gasteiger partial charge in [-0.25, -0.2) is 8.78 Å². The van der Waals surface area contributed by atoms with E-state index >= 15 is 0 Å². The van der Waals surface area contributed by atoms with Crippen molar-refractivity contribution in [2.45, 2.75) is 13.8 Å². The Morgan fingerprint density at radius 3 is 2.30 bits per heavy atom. The summed E-state index contributed by atoms with van der Waals surface area (Å²) in [7, 11) is 0. The summed E-state index contributed by atoms with van der Waals surface area (Å²) >= 11 is 0. The van der Waals surface area contributed by atoms with Crippen molar-refractivity contribution in [3.63, 3.8) is 0 Å². The van der Waals surface area contributed by atoms with Gasteiger partial charge in [0.1, 0.15) is 17.0 Å². The van der Waals surface area contributed by atoms with E-state index in [1.165, 1.54) is 13.8 Å². The Labute approximate surface area is 154 Å². The summed E-state index contributed by atoms with van der Waals surface area (Å²) in [6.07, 6.45) is 1.60. The molecule has 3 aromatic rings. The first-order chi connectivity index (χ1) is 12.8. The number of anilines is 2. The number of nitrogens with one attached hydrogen (secondary N) is 2. The molecule has 1 aromatic heterocycles. The highest BCUT2D eigenvalue weighted by Gasteiger charge is 2.36. The van der Waals surface area contributed by atoms with Crippen LogP contribution in [0.1, 0.15) is 13.8 Å². The number of hydrogen-bond acceptors (Lipinski definition) is 3. The average molecular weight is 369 g/mol. The zero-order chi connectivity index (χ0) is 19.6. The third-order valence-electron chi connectivity index (χ3n) is 4.20. The standard InChI is InChI=1S/C20H17F2N3O2/c1-20(2,18(26)24-15-9-8-13(21)11-14(15)22)19(27)25-16-7-3-5-12-6-4-10-23-17(12)16/h3-11H,1-2H3,(H,24,26)(H,25,27). The van der Waals surface area contributed by atoms with E-state index in [0.29, 0.717) is 17.3 Å². The van der Waals surface area contributed by atoms with Crippen molar-refractivity contribution < 1.29 is 18.4 Å². The molecule has 0 saturated carbocycles. The average Bonchev–Trinajstić information content (AvgIpc) is 2.64. The summed E-state index contributed by atoms with van der Waals surface area (Å²) in [4.78, 5) is 29.5. The molecule has 27 heavy (non-hydrogen) atoms. The number of carbonyl (C=O) groups excluding carboxylic acids is 2. The first-order valence-electron chi connectivity index (χ1n) is 8.21. The third-order valence-corrected chi connectivity index (χ3v) is 4.20. The van der Waals surface area contributed by atoms with Gasteiger partial charge in [-0.15, -0.1) is 0 Å². The molecule has 5 nitrogen and oxygen atoms in total. The van der Waals surface area contributed by atoms with Gasteiger partial charge in [0.15, 0.2) is 0 Å². The minimum Gasteiger partial charge on any atom is -0.323 e. The Hall–Kier alpha value is -3.35. The number of fused-ring (bicyclic) bond motifs is 1. The van der Waals surface area contributed by atoms with Crippen molar-refractivity contribution in [1.29, 1.82) is 0 Å². The molecule has 2 N–H and O–H groups in total. The molecule has 0 aliphatic carbocycles. The molecule has 138 valence electrons. The maximum absolute atomic E-state index is 13.8. The normalized spacial score (nSPS) is 11.3. The molecule has 0 bridgehead atoms. The van der Waals surface area contributed by atoms with Gasteiger partial charge < -0.3 is 10.6 Å². The second kappa shape index (κ2) is 7.11. The maximum Gasteiger partial charge on any atom is 0.239 e. The Bertz CT molecular complexity index is 1030. The molecule has 0 aliphatic rings. The monoisotopic (exact) mass is 369 g/mol. The van der Waals surface area contributed by atoms with Gasteiger partial charge in [0, 0.05) is 17.6 Å². The fourth-order valence-electron chi connectivity index (χ4n) is 2.46. The van der Waals surface area contributed by atoms with Gasteiger partial charge >= 0.3 is 0 Å². The van der Waals surface area contributed by atoms with E-state index in [4.69, 9.17) is 0 Å². The molecule has 1 heterocycles. The van der Waals surface area contributed by atoms with E-state index < -0.39 is 28.9 Å². The van der Waals surface area contributed by atoms with Crippen LogP contribution in [0.5, 0.6) is 0 Å². The molecule has 0 atom stereocenters. The Morgan fingerprint density at radius 2 is 1.59 bits per heavy atom. The third kappa shape index (κ3) is 3.76. The second-order valence-corrected chi connectivity index (χ2v) is 6.54. The smallest absolute Gasteiger partial charge is 0.239 e. The van der Waals surface area contributed by atoms with Gasteiger partial charge in [-0.2, -0.15) is 0 Å². The molecule has 2 amide bonds. The lowest BCUT2D eigenvalue weighted by Crippen LogP contribution is -2.41. The van der Waals surface area contributed by atoms with Crippen molar-refractivity contribution >= 4 is 34.1 Å². The lowest BCUT2D eigenvalue weighted by atomic mass is 9.90. The van der Waals surface area contributed by atoms with Crippen LogP contribution in [0.3, 0.4) is 0 Å². The first kappa shape index (κ1) is 18.4. The van der Waals surface area contributed by atoms with Crippen molar-refractivity contribution in [3.05, 3.63) is 66.4 Å². The summed E-state index contributed by atoms with van der Waals surface area (Å²) in [6.45, 7) is 2.83. The van der Waals surface area contributed by atoms with Crippen LogP contribution in [0.4, 0.5) is 20.2 Å². The molecular formula is C20H17F2N3O2. The highest BCUT2D eigenvalue weighted by molar-refractivity contribution is 6.15. The van der Waals surface area contributed by atoms with Crippen LogP contribution in [-0.4, -0.2) is 16.8 Å². The predicted molar refractivity (Wildman–Crippen MR) is 99.1 cm³/mol. The lowest BCUT2D eigenvalue weighted by Gasteiger charge is -2.23.